The van der Waals surface area contributed by atoms with Crippen molar-refractivity contribution in [3.63, 3.8) is 0 Å². The number of urea groups is 1. The molecule has 1 aromatic rings. The van der Waals surface area contributed by atoms with Crippen LogP contribution >= 0.6 is 0 Å². The van der Waals surface area contributed by atoms with Gasteiger partial charge in [0.25, 0.3) is 0 Å². The highest BCUT2D eigenvalue weighted by atomic mass is 16.2. The molecule has 2 amide bonds. The highest BCUT2D eigenvalue weighted by molar-refractivity contribution is 5.95. The smallest absolute Gasteiger partial charge is 0.322 e. The molecule has 1 unspecified atom stereocenters. The van der Waals surface area contributed by atoms with Crippen LogP contribution < -0.4 is 16.0 Å². The molecule has 2 aliphatic rings. The van der Waals surface area contributed by atoms with Gasteiger partial charge in [-0.2, -0.15) is 0 Å². The van der Waals surface area contributed by atoms with Gasteiger partial charge in [-0.1, -0.05) is 18.9 Å². The summed E-state index contributed by atoms with van der Waals surface area (Å²) >= 11 is 0. The number of rotatable bonds is 2. The number of anilines is 2. The van der Waals surface area contributed by atoms with Crippen LogP contribution in [0.1, 0.15) is 25.7 Å². The molecule has 4 nitrogen and oxygen atoms in total. The van der Waals surface area contributed by atoms with Gasteiger partial charge in [0.2, 0.25) is 0 Å². The second kappa shape index (κ2) is 4.52. The van der Waals surface area contributed by atoms with Crippen LogP contribution in [0, 0.1) is 5.92 Å². The van der Waals surface area contributed by atoms with Crippen LogP contribution in [0.3, 0.4) is 0 Å². The van der Waals surface area contributed by atoms with Crippen LogP contribution in [0.4, 0.5) is 16.2 Å². The molecule has 1 aliphatic heterocycles. The summed E-state index contributed by atoms with van der Waals surface area (Å²) in [4.78, 5) is 13.8. The Morgan fingerprint density at radius 2 is 2.06 bits per heavy atom. The zero-order chi connectivity index (χ0) is 12.5. The molecular formula is C14H19N3O. The third-order valence-corrected chi connectivity index (χ3v) is 4.08. The van der Waals surface area contributed by atoms with Crippen molar-refractivity contribution in [2.45, 2.75) is 31.7 Å². The van der Waals surface area contributed by atoms with Crippen molar-refractivity contribution in [2.75, 3.05) is 17.2 Å². The van der Waals surface area contributed by atoms with Gasteiger partial charge in [0.1, 0.15) is 0 Å². The van der Waals surface area contributed by atoms with Crippen molar-refractivity contribution in [3.8, 4) is 0 Å². The molecule has 1 aliphatic carbocycles. The molecule has 4 heteroatoms. The normalized spacial score (nSPS) is 24.6. The Morgan fingerprint density at radius 1 is 1.28 bits per heavy atom. The summed E-state index contributed by atoms with van der Waals surface area (Å²) in [7, 11) is 0. The Morgan fingerprint density at radius 3 is 2.78 bits per heavy atom. The van der Waals surface area contributed by atoms with E-state index in [1.165, 1.54) is 25.7 Å². The van der Waals surface area contributed by atoms with Crippen LogP contribution in [0.5, 0.6) is 0 Å². The quantitative estimate of drug-likeness (QED) is 0.786. The van der Waals surface area contributed by atoms with E-state index in [0.29, 0.717) is 17.6 Å². The van der Waals surface area contributed by atoms with Gasteiger partial charge in [0.15, 0.2) is 0 Å². The molecule has 1 heterocycles. The van der Waals surface area contributed by atoms with Gasteiger partial charge in [-0.05, 0) is 37.0 Å². The Labute approximate surface area is 107 Å². The number of nitrogens with zero attached hydrogens (tertiary/aromatic N) is 1. The topological polar surface area (TPSA) is 58.4 Å². The van der Waals surface area contributed by atoms with E-state index in [-0.39, 0.29) is 6.03 Å². The Hall–Kier alpha value is -1.71. The van der Waals surface area contributed by atoms with Gasteiger partial charge in [0.05, 0.1) is 6.04 Å². The van der Waals surface area contributed by atoms with Crippen molar-refractivity contribution >= 4 is 17.4 Å². The molecule has 1 aromatic carbocycles. The minimum atomic E-state index is 0.0116. The molecule has 1 atom stereocenters. The molecule has 3 rings (SSSR count). The van der Waals surface area contributed by atoms with Crippen LogP contribution in [0.25, 0.3) is 0 Å². The Bertz CT molecular complexity index is 454. The fraction of sp³-hybridized carbons (Fsp3) is 0.500. The van der Waals surface area contributed by atoms with Gasteiger partial charge < -0.3 is 11.1 Å². The predicted molar refractivity (Wildman–Crippen MR) is 72.5 cm³/mol. The van der Waals surface area contributed by atoms with Crippen molar-refractivity contribution in [1.29, 1.82) is 0 Å². The minimum Gasteiger partial charge on any atom is -0.399 e. The maximum atomic E-state index is 12.0. The summed E-state index contributed by atoms with van der Waals surface area (Å²) < 4.78 is 0. The molecule has 0 spiro atoms. The zero-order valence-electron chi connectivity index (χ0n) is 10.4. The van der Waals surface area contributed by atoms with E-state index >= 15 is 0 Å². The monoisotopic (exact) mass is 245 g/mol. The number of hydrogen-bond acceptors (Lipinski definition) is 2. The van der Waals surface area contributed by atoms with E-state index in [2.05, 4.69) is 5.32 Å². The molecular weight excluding hydrogens is 226 g/mol. The van der Waals surface area contributed by atoms with Gasteiger partial charge in [0, 0.05) is 17.9 Å². The molecule has 1 saturated carbocycles. The number of nitrogen functional groups attached to an aromatic ring is 1. The third-order valence-electron chi connectivity index (χ3n) is 4.08. The first-order valence-electron chi connectivity index (χ1n) is 6.67. The fourth-order valence-electron chi connectivity index (χ4n) is 3.10. The lowest BCUT2D eigenvalue weighted by Gasteiger charge is -2.18. The number of hydrogen-bond donors (Lipinski definition) is 2. The summed E-state index contributed by atoms with van der Waals surface area (Å²) in [5.41, 5.74) is 7.37. The lowest BCUT2D eigenvalue weighted by Crippen LogP contribution is -2.32. The van der Waals surface area contributed by atoms with Crippen molar-refractivity contribution in [2.24, 2.45) is 5.92 Å². The average Bonchev–Trinajstić information content (AvgIpc) is 2.97. The maximum Gasteiger partial charge on any atom is 0.322 e. The first kappa shape index (κ1) is 11.4. The Balaban J connectivity index is 1.76. The number of nitrogens with one attached hydrogen (secondary N) is 1. The summed E-state index contributed by atoms with van der Waals surface area (Å²) in [5, 5.41) is 3.11. The van der Waals surface area contributed by atoms with E-state index in [9.17, 15) is 4.79 Å². The highest BCUT2D eigenvalue weighted by Crippen LogP contribution is 2.31. The zero-order valence-corrected chi connectivity index (χ0v) is 10.4. The molecule has 1 saturated heterocycles. The molecule has 96 valence electrons. The van der Waals surface area contributed by atoms with E-state index in [0.717, 1.165) is 12.2 Å². The molecule has 18 heavy (non-hydrogen) atoms. The SMILES string of the molecule is Nc1cccc(N2CC(C3CCCC3)NC2=O)c1. The third kappa shape index (κ3) is 2.03. The first-order chi connectivity index (χ1) is 8.74. The summed E-state index contributed by atoms with van der Waals surface area (Å²) in [6.45, 7) is 0.771. The van der Waals surface area contributed by atoms with Crippen LogP contribution in [0.2, 0.25) is 0 Å². The largest absolute Gasteiger partial charge is 0.399 e. The average molecular weight is 245 g/mol. The summed E-state index contributed by atoms with van der Waals surface area (Å²) in [6, 6.07) is 7.84. The lowest BCUT2D eigenvalue weighted by molar-refractivity contribution is 0.249. The maximum absolute atomic E-state index is 12.0. The summed E-state index contributed by atoms with van der Waals surface area (Å²) in [5.74, 6) is 0.653. The van der Waals surface area contributed by atoms with E-state index in [4.69, 9.17) is 5.73 Å². The number of nitrogens with two attached hydrogens (primary N) is 1. The first-order valence-corrected chi connectivity index (χ1v) is 6.67. The van der Waals surface area contributed by atoms with Gasteiger partial charge in [-0.25, -0.2) is 4.79 Å². The molecule has 3 N–H and O–H groups in total. The molecule has 0 aromatic heterocycles. The van der Waals surface area contributed by atoms with E-state index < -0.39 is 0 Å². The predicted octanol–water partition coefficient (Wildman–Crippen LogP) is 2.36. The van der Waals surface area contributed by atoms with Gasteiger partial charge in [-0.3, -0.25) is 4.90 Å². The minimum absolute atomic E-state index is 0.0116. The van der Waals surface area contributed by atoms with E-state index in [1.54, 1.807) is 4.90 Å². The van der Waals surface area contributed by atoms with Crippen LogP contribution in [-0.2, 0) is 0 Å². The molecule has 0 radical (unpaired) electrons. The lowest BCUT2D eigenvalue weighted by atomic mass is 9.99. The van der Waals surface area contributed by atoms with Crippen molar-refractivity contribution in [3.05, 3.63) is 24.3 Å². The van der Waals surface area contributed by atoms with Gasteiger partial charge in [-0.15, -0.1) is 0 Å². The standard InChI is InChI=1S/C14H19N3O/c15-11-6-3-7-12(8-11)17-9-13(16-14(17)18)10-4-1-2-5-10/h3,6-8,10,13H,1-2,4-5,9,15H2,(H,16,18). The van der Waals surface area contributed by atoms with Crippen molar-refractivity contribution < 1.29 is 4.79 Å². The molecule has 2 fully saturated rings. The molecule has 0 bridgehead atoms. The van der Waals surface area contributed by atoms with Crippen LogP contribution in [-0.4, -0.2) is 18.6 Å². The number of amides is 2. The van der Waals surface area contributed by atoms with Crippen LogP contribution in [0.15, 0.2) is 24.3 Å². The summed E-state index contributed by atoms with van der Waals surface area (Å²) in [6.07, 6.45) is 5.09. The van der Waals surface area contributed by atoms with Gasteiger partial charge >= 0.3 is 6.03 Å². The number of carbonyl (C=O) groups excluding carboxylic acids is 1. The second-order valence-corrected chi connectivity index (χ2v) is 5.31. The fourth-order valence-corrected chi connectivity index (χ4v) is 3.10. The highest BCUT2D eigenvalue weighted by Gasteiger charge is 2.35. The van der Waals surface area contributed by atoms with Crippen molar-refractivity contribution in [1.82, 2.24) is 5.32 Å². The Kier molecular flexibility index (Phi) is 2.86. The number of benzene rings is 1. The second-order valence-electron chi connectivity index (χ2n) is 5.31. The van der Waals surface area contributed by atoms with E-state index in [1.807, 2.05) is 24.3 Å². The number of carbonyl (C=O) groups is 1.